The zero-order valence-electron chi connectivity index (χ0n) is 15.9. The van der Waals surface area contributed by atoms with Crippen molar-refractivity contribution in [3.05, 3.63) is 30.1 Å². The van der Waals surface area contributed by atoms with Crippen molar-refractivity contribution in [2.75, 3.05) is 31.1 Å². The molecule has 1 saturated carbocycles. The van der Waals surface area contributed by atoms with E-state index in [0.29, 0.717) is 32.6 Å². The Labute approximate surface area is 163 Å². The number of nitrogens with one attached hydrogen (secondary N) is 2. The molecule has 2 N–H and O–H groups in total. The summed E-state index contributed by atoms with van der Waals surface area (Å²) >= 11 is 0. The van der Waals surface area contributed by atoms with Gasteiger partial charge in [0.25, 0.3) is 5.91 Å². The van der Waals surface area contributed by atoms with Gasteiger partial charge in [-0.05, 0) is 49.4 Å². The summed E-state index contributed by atoms with van der Waals surface area (Å²) in [5, 5.41) is 5.13. The van der Waals surface area contributed by atoms with Crippen molar-refractivity contribution >= 4 is 23.5 Å². The molecule has 3 fully saturated rings. The average molecular weight is 388 g/mol. The van der Waals surface area contributed by atoms with Crippen molar-refractivity contribution in [2.45, 2.75) is 31.7 Å². The van der Waals surface area contributed by atoms with Gasteiger partial charge in [-0.2, -0.15) is 0 Å². The van der Waals surface area contributed by atoms with Crippen molar-refractivity contribution in [1.82, 2.24) is 15.5 Å². The lowest BCUT2D eigenvalue weighted by atomic mass is 9.83. The summed E-state index contributed by atoms with van der Waals surface area (Å²) < 4.78 is 13.1. The molecule has 4 rings (SSSR count). The van der Waals surface area contributed by atoms with Crippen LogP contribution in [0.1, 0.15) is 26.2 Å². The van der Waals surface area contributed by atoms with Gasteiger partial charge in [0, 0.05) is 37.8 Å². The molecule has 150 valence electrons. The van der Waals surface area contributed by atoms with Crippen molar-refractivity contribution in [3.8, 4) is 0 Å². The third-order valence-electron chi connectivity index (χ3n) is 6.08. The first-order chi connectivity index (χ1) is 13.4. The van der Waals surface area contributed by atoms with Crippen molar-refractivity contribution < 1.29 is 18.8 Å². The Morgan fingerprint density at radius 1 is 1.18 bits per heavy atom. The molecule has 2 atom stereocenters. The molecular weight excluding hydrogens is 363 g/mol. The lowest BCUT2D eigenvalue weighted by molar-refractivity contribution is -0.136. The molecule has 0 aromatic heterocycles. The number of amides is 4. The second-order valence-electron chi connectivity index (χ2n) is 8.05. The van der Waals surface area contributed by atoms with Gasteiger partial charge in [0.2, 0.25) is 5.91 Å². The van der Waals surface area contributed by atoms with Crippen LogP contribution in [0.25, 0.3) is 0 Å². The summed E-state index contributed by atoms with van der Waals surface area (Å²) in [6.45, 7) is 4.34. The minimum absolute atomic E-state index is 0.00716. The number of hydrogen-bond acceptors (Lipinski definition) is 4. The second-order valence-corrected chi connectivity index (χ2v) is 8.05. The molecule has 3 aliphatic rings. The van der Waals surface area contributed by atoms with Crippen LogP contribution in [-0.2, 0) is 9.59 Å². The number of urea groups is 1. The number of imide groups is 1. The molecule has 1 aromatic rings. The fourth-order valence-corrected chi connectivity index (χ4v) is 4.40. The molecule has 0 bridgehead atoms. The molecule has 8 heteroatoms. The van der Waals surface area contributed by atoms with Crippen molar-refractivity contribution in [3.63, 3.8) is 0 Å². The second kappa shape index (κ2) is 7.07. The van der Waals surface area contributed by atoms with Gasteiger partial charge >= 0.3 is 6.03 Å². The van der Waals surface area contributed by atoms with Gasteiger partial charge < -0.3 is 15.1 Å². The number of carbonyl (C=O) groups is 3. The van der Waals surface area contributed by atoms with E-state index in [1.807, 2.05) is 11.8 Å². The number of halogens is 1. The van der Waals surface area contributed by atoms with Crippen LogP contribution in [0.5, 0.6) is 0 Å². The zero-order valence-corrected chi connectivity index (χ0v) is 15.9. The van der Waals surface area contributed by atoms with Crippen molar-refractivity contribution in [2.24, 2.45) is 11.8 Å². The highest BCUT2D eigenvalue weighted by Crippen LogP contribution is 2.44. The Bertz CT molecular complexity index is 787. The standard InChI is InChI=1S/C20H25FN4O3/c1-13(12-20(14-2-3-14)18(27)22-19(28)23-20)17(26)25-10-8-24(9-11-25)16-6-4-15(21)5-7-16/h4-7,13-14H,2-3,8-12H2,1H3,(H2,22,23,27,28). The van der Waals surface area contributed by atoms with Gasteiger partial charge in [0.15, 0.2) is 0 Å². The Balaban J connectivity index is 1.36. The lowest BCUT2D eigenvalue weighted by Crippen LogP contribution is -2.54. The monoisotopic (exact) mass is 388 g/mol. The number of benzene rings is 1. The molecule has 0 spiro atoms. The molecule has 2 aliphatic heterocycles. The minimum Gasteiger partial charge on any atom is -0.368 e. The smallest absolute Gasteiger partial charge is 0.322 e. The van der Waals surface area contributed by atoms with E-state index in [1.54, 1.807) is 12.1 Å². The van der Waals surface area contributed by atoms with Gasteiger partial charge in [-0.15, -0.1) is 0 Å². The van der Waals surface area contributed by atoms with E-state index in [-0.39, 0.29) is 29.5 Å². The molecular formula is C20H25FN4O3. The van der Waals surface area contributed by atoms with Crippen molar-refractivity contribution in [1.29, 1.82) is 0 Å². The van der Waals surface area contributed by atoms with Crippen LogP contribution >= 0.6 is 0 Å². The highest BCUT2D eigenvalue weighted by Gasteiger charge is 2.56. The Morgan fingerprint density at radius 3 is 2.36 bits per heavy atom. The molecule has 2 saturated heterocycles. The molecule has 28 heavy (non-hydrogen) atoms. The van der Waals surface area contributed by atoms with Gasteiger partial charge in [-0.3, -0.25) is 14.9 Å². The maximum Gasteiger partial charge on any atom is 0.322 e. The number of hydrogen-bond donors (Lipinski definition) is 2. The van der Waals surface area contributed by atoms with E-state index >= 15 is 0 Å². The highest BCUT2D eigenvalue weighted by molar-refractivity contribution is 6.07. The normalized spacial score (nSPS) is 26.1. The average Bonchev–Trinajstić information content (AvgIpc) is 3.49. The Kier molecular flexibility index (Phi) is 4.72. The largest absolute Gasteiger partial charge is 0.368 e. The van der Waals surface area contributed by atoms with Crippen LogP contribution in [0.3, 0.4) is 0 Å². The molecule has 0 radical (unpaired) electrons. The molecule has 7 nitrogen and oxygen atoms in total. The van der Waals surface area contributed by atoms with E-state index in [2.05, 4.69) is 15.5 Å². The summed E-state index contributed by atoms with van der Waals surface area (Å²) in [7, 11) is 0. The van der Waals surface area contributed by atoms with E-state index in [1.165, 1.54) is 12.1 Å². The zero-order chi connectivity index (χ0) is 19.9. The first-order valence-electron chi connectivity index (χ1n) is 9.82. The fourth-order valence-electron chi connectivity index (χ4n) is 4.40. The number of anilines is 1. The number of piperazine rings is 1. The fraction of sp³-hybridized carbons (Fsp3) is 0.550. The Hall–Kier alpha value is -2.64. The summed E-state index contributed by atoms with van der Waals surface area (Å²) in [4.78, 5) is 41.0. The van der Waals surface area contributed by atoms with E-state index in [0.717, 1.165) is 18.5 Å². The summed E-state index contributed by atoms with van der Waals surface area (Å²) in [5.41, 5.74) is 0.00168. The maximum absolute atomic E-state index is 13.1. The van der Waals surface area contributed by atoms with Crippen LogP contribution in [0, 0.1) is 17.7 Å². The van der Waals surface area contributed by atoms with Gasteiger partial charge in [0.1, 0.15) is 11.4 Å². The first-order valence-corrected chi connectivity index (χ1v) is 9.82. The predicted octanol–water partition coefficient (Wildman–Crippen LogP) is 1.49. The SMILES string of the molecule is CC(CC1(C2CC2)NC(=O)NC1=O)C(=O)N1CCN(c2ccc(F)cc2)CC1. The lowest BCUT2D eigenvalue weighted by Gasteiger charge is -2.38. The number of nitrogens with zero attached hydrogens (tertiary/aromatic N) is 2. The van der Waals surface area contributed by atoms with Crippen LogP contribution < -0.4 is 15.5 Å². The van der Waals surface area contributed by atoms with Crippen LogP contribution in [0.2, 0.25) is 0 Å². The minimum atomic E-state index is -0.942. The molecule has 2 heterocycles. The molecule has 1 aromatic carbocycles. The summed E-state index contributed by atoms with van der Waals surface area (Å²) in [6, 6.07) is 5.90. The summed E-state index contributed by atoms with van der Waals surface area (Å²) in [5.74, 6) is -0.806. The Morgan fingerprint density at radius 2 is 1.82 bits per heavy atom. The number of rotatable bonds is 5. The topological polar surface area (TPSA) is 81.8 Å². The van der Waals surface area contributed by atoms with Gasteiger partial charge in [-0.25, -0.2) is 9.18 Å². The highest BCUT2D eigenvalue weighted by atomic mass is 19.1. The third-order valence-corrected chi connectivity index (χ3v) is 6.08. The first kappa shape index (κ1) is 18.7. The predicted molar refractivity (Wildman–Crippen MR) is 101 cm³/mol. The van der Waals surface area contributed by atoms with Crippen LogP contribution in [0.15, 0.2) is 24.3 Å². The van der Waals surface area contributed by atoms with E-state index in [9.17, 15) is 18.8 Å². The molecule has 2 unspecified atom stereocenters. The molecule has 1 aliphatic carbocycles. The quantitative estimate of drug-likeness (QED) is 0.749. The van der Waals surface area contributed by atoms with Crippen LogP contribution in [-0.4, -0.2) is 54.5 Å². The van der Waals surface area contributed by atoms with E-state index < -0.39 is 11.6 Å². The third kappa shape index (κ3) is 3.43. The van der Waals surface area contributed by atoms with Gasteiger partial charge in [0.05, 0.1) is 0 Å². The summed E-state index contributed by atoms with van der Waals surface area (Å²) in [6.07, 6.45) is 2.11. The molecule has 4 amide bonds. The van der Waals surface area contributed by atoms with E-state index in [4.69, 9.17) is 0 Å². The number of carbonyl (C=O) groups excluding carboxylic acids is 3. The van der Waals surface area contributed by atoms with Crippen LogP contribution in [0.4, 0.5) is 14.9 Å². The maximum atomic E-state index is 13.1. The van der Waals surface area contributed by atoms with Gasteiger partial charge in [-0.1, -0.05) is 6.92 Å².